The molecule has 0 aromatic carbocycles. The van der Waals surface area contributed by atoms with E-state index in [-0.39, 0.29) is 0 Å². The van der Waals surface area contributed by atoms with Crippen molar-refractivity contribution in [3.63, 3.8) is 0 Å². The van der Waals surface area contributed by atoms with Gasteiger partial charge in [0.2, 0.25) is 10.0 Å². The summed E-state index contributed by atoms with van der Waals surface area (Å²) in [5.41, 5.74) is 0. The number of sulfonamides is 1. The number of alkyl halides is 1. The lowest BCUT2D eigenvalue weighted by Crippen LogP contribution is -2.37. The van der Waals surface area contributed by atoms with Gasteiger partial charge >= 0.3 is 0 Å². The van der Waals surface area contributed by atoms with Crippen molar-refractivity contribution in [2.45, 2.75) is 25.7 Å². The first-order valence-electron chi connectivity index (χ1n) is 5.94. The molecule has 0 aromatic heterocycles. The number of halogens is 1. The van der Waals surface area contributed by atoms with Crippen LogP contribution >= 0.6 is 15.9 Å². The minimum Gasteiger partial charge on any atom is -0.228 e. The van der Waals surface area contributed by atoms with E-state index in [1.807, 2.05) is 0 Å². The maximum Gasteiger partial charge on any atom is 0.226 e. The van der Waals surface area contributed by atoms with Crippen molar-refractivity contribution in [3.05, 3.63) is 0 Å². The second-order valence-electron chi connectivity index (χ2n) is 4.97. The van der Waals surface area contributed by atoms with Gasteiger partial charge in [0.25, 0.3) is 0 Å². The fourth-order valence-electron chi connectivity index (χ4n) is 2.31. The summed E-state index contributed by atoms with van der Waals surface area (Å²) in [5.74, 6) is 0.771. The summed E-state index contributed by atoms with van der Waals surface area (Å²) in [6, 6.07) is 0. The fourth-order valence-corrected chi connectivity index (χ4v) is 6.22. The van der Waals surface area contributed by atoms with Crippen LogP contribution in [0.15, 0.2) is 0 Å². The van der Waals surface area contributed by atoms with E-state index in [1.54, 1.807) is 0 Å². The molecule has 1 aliphatic rings. The van der Waals surface area contributed by atoms with E-state index in [1.165, 1.54) is 6.42 Å². The highest BCUT2D eigenvalue weighted by molar-refractivity contribution is 9.09. The van der Waals surface area contributed by atoms with E-state index in [9.17, 15) is 16.8 Å². The van der Waals surface area contributed by atoms with Crippen LogP contribution in [-0.2, 0) is 19.9 Å². The Morgan fingerprint density at radius 3 is 2.17 bits per heavy atom. The van der Waals surface area contributed by atoms with E-state index in [2.05, 4.69) is 20.7 Å². The van der Waals surface area contributed by atoms with Crippen LogP contribution in [0.3, 0.4) is 0 Å². The quantitative estimate of drug-likeness (QED) is 0.718. The molecule has 0 bridgehead atoms. The molecule has 1 aliphatic carbocycles. The molecule has 0 aliphatic heterocycles. The van der Waals surface area contributed by atoms with E-state index in [4.69, 9.17) is 0 Å². The van der Waals surface area contributed by atoms with Crippen molar-refractivity contribution < 1.29 is 16.8 Å². The largest absolute Gasteiger partial charge is 0.228 e. The molecule has 1 saturated carbocycles. The van der Waals surface area contributed by atoms with Crippen molar-refractivity contribution in [1.82, 2.24) is 4.72 Å². The van der Waals surface area contributed by atoms with Gasteiger partial charge in [-0.15, -0.1) is 0 Å². The number of hydrogen-bond donors (Lipinski definition) is 1. The van der Waals surface area contributed by atoms with E-state index >= 15 is 0 Å². The topological polar surface area (TPSA) is 80.3 Å². The monoisotopic (exact) mass is 361 g/mol. The molecule has 1 N–H and O–H groups in total. The maximum atomic E-state index is 11.6. The van der Waals surface area contributed by atoms with Gasteiger partial charge in [0, 0.05) is 18.1 Å². The Bertz CT molecular complexity index is 460. The molecule has 1 rings (SSSR count). The van der Waals surface area contributed by atoms with Crippen molar-refractivity contribution in [1.29, 1.82) is 0 Å². The van der Waals surface area contributed by atoms with Crippen molar-refractivity contribution >= 4 is 35.8 Å². The second kappa shape index (κ2) is 6.67. The molecule has 0 saturated heterocycles. The summed E-state index contributed by atoms with van der Waals surface area (Å²) in [6.45, 7) is 0.341. The second-order valence-corrected chi connectivity index (χ2v) is 9.93. The maximum absolute atomic E-state index is 11.6. The van der Waals surface area contributed by atoms with Gasteiger partial charge in [0.05, 0.1) is 0 Å². The van der Waals surface area contributed by atoms with Gasteiger partial charge in [-0.2, -0.15) is 0 Å². The van der Waals surface area contributed by atoms with Gasteiger partial charge in [-0.25, -0.2) is 21.6 Å². The molecule has 0 spiro atoms. The molecule has 2 atom stereocenters. The normalized spacial score (nSPS) is 26.1. The summed E-state index contributed by atoms with van der Waals surface area (Å²) < 4.78 is 47.6. The van der Waals surface area contributed by atoms with Crippen molar-refractivity contribution in [2.75, 3.05) is 23.2 Å². The Labute approximate surface area is 118 Å². The van der Waals surface area contributed by atoms with Crippen LogP contribution in [0.2, 0.25) is 0 Å². The zero-order chi connectivity index (χ0) is 13.8. The van der Waals surface area contributed by atoms with Crippen molar-refractivity contribution in [2.24, 2.45) is 11.8 Å². The lowest BCUT2D eigenvalue weighted by atomic mass is 9.80. The Morgan fingerprint density at radius 1 is 1.11 bits per heavy atom. The van der Waals surface area contributed by atoms with Gasteiger partial charge < -0.3 is 0 Å². The average Bonchev–Trinajstić information content (AvgIpc) is 2.23. The SMILES string of the molecule is CS(=O)(=O)CS(=O)(=O)NCC1CCCCC1CBr. The number of sulfone groups is 1. The first kappa shape index (κ1) is 16.4. The summed E-state index contributed by atoms with van der Waals surface area (Å²) in [6.07, 6.45) is 5.32. The predicted molar refractivity (Wildman–Crippen MR) is 75.9 cm³/mol. The molecule has 8 heteroatoms. The first-order valence-corrected chi connectivity index (χ1v) is 10.8. The highest BCUT2D eigenvalue weighted by Crippen LogP contribution is 2.30. The minimum absolute atomic E-state index is 0.299. The van der Waals surface area contributed by atoms with E-state index < -0.39 is 24.9 Å². The lowest BCUT2D eigenvalue weighted by molar-refractivity contribution is 0.263. The van der Waals surface area contributed by atoms with E-state index in [0.717, 1.165) is 30.8 Å². The molecule has 0 amide bonds. The smallest absolute Gasteiger partial charge is 0.226 e. The number of rotatable bonds is 6. The highest BCUT2D eigenvalue weighted by atomic mass is 79.9. The number of hydrogen-bond acceptors (Lipinski definition) is 4. The summed E-state index contributed by atoms with van der Waals surface area (Å²) in [4.78, 5) is 0. The highest BCUT2D eigenvalue weighted by Gasteiger charge is 2.26. The van der Waals surface area contributed by atoms with Crippen LogP contribution in [0.25, 0.3) is 0 Å². The zero-order valence-corrected chi connectivity index (χ0v) is 13.7. The third kappa shape index (κ3) is 5.99. The van der Waals surface area contributed by atoms with Crippen LogP contribution in [-0.4, -0.2) is 40.1 Å². The molecule has 108 valence electrons. The molecular weight excluding hydrogens is 342 g/mol. The summed E-state index contributed by atoms with van der Waals surface area (Å²) >= 11 is 3.45. The Balaban J connectivity index is 2.53. The average molecular weight is 362 g/mol. The molecule has 0 heterocycles. The molecule has 5 nitrogen and oxygen atoms in total. The molecule has 18 heavy (non-hydrogen) atoms. The van der Waals surface area contributed by atoms with Gasteiger partial charge in [0.15, 0.2) is 14.9 Å². The van der Waals surface area contributed by atoms with Crippen LogP contribution in [0.5, 0.6) is 0 Å². The third-order valence-electron chi connectivity index (χ3n) is 3.20. The minimum atomic E-state index is -3.72. The molecule has 2 unspecified atom stereocenters. The van der Waals surface area contributed by atoms with E-state index in [0.29, 0.717) is 18.4 Å². The number of nitrogens with one attached hydrogen (secondary N) is 1. The first-order chi connectivity index (χ1) is 8.23. The van der Waals surface area contributed by atoms with Crippen LogP contribution in [0.4, 0.5) is 0 Å². The van der Waals surface area contributed by atoms with Gasteiger partial charge in [0.1, 0.15) is 0 Å². The summed E-state index contributed by atoms with van der Waals surface area (Å²) in [5, 5.41) is 0.0389. The fraction of sp³-hybridized carbons (Fsp3) is 1.00. The Hall–Kier alpha value is 0.340. The molecular formula is C10H20BrNO4S2. The van der Waals surface area contributed by atoms with Gasteiger partial charge in [-0.05, 0) is 24.7 Å². The van der Waals surface area contributed by atoms with Crippen LogP contribution in [0, 0.1) is 11.8 Å². The molecule has 0 aromatic rings. The Kier molecular flexibility index (Phi) is 6.08. The zero-order valence-electron chi connectivity index (χ0n) is 10.4. The van der Waals surface area contributed by atoms with Crippen molar-refractivity contribution in [3.8, 4) is 0 Å². The predicted octanol–water partition coefficient (Wildman–Crippen LogP) is 1.11. The standard InChI is InChI=1S/C10H20BrNO4S2/c1-17(13,14)8-18(15,16)12-7-10-5-3-2-4-9(10)6-11/h9-10,12H,2-8H2,1H3. The third-order valence-corrected chi connectivity index (χ3v) is 7.59. The Morgan fingerprint density at radius 2 is 1.67 bits per heavy atom. The summed E-state index contributed by atoms with van der Waals surface area (Å²) in [7, 11) is -7.24. The molecule has 1 fully saturated rings. The molecule has 0 radical (unpaired) electrons. The van der Waals surface area contributed by atoms with Crippen LogP contribution in [0.1, 0.15) is 25.7 Å². The lowest BCUT2D eigenvalue weighted by Gasteiger charge is -2.30. The van der Waals surface area contributed by atoms with Crippen LogP contribution < -0.4 is 4.72 Å². The van der Waals surface area contributed by atoms with Gasteiger partial charge in [-0.1, -0.05) is 28.8 Å². The van der Waals surface area contributed by atoms with Gasteiger partial charge in [-0.3, -0.25) is 0 Å².